The van der Waals surface area contributed by atoms with E-state index >= 15 is 0 Å². The van der Waals surface area contributed by atoms with E-state index in [1.165, 1.54) is 18.4 Å². The van der Waals surface area contributed by atoms with E-state index in [9.17, 15) is 4.79 Å². The van der Waals surface area contributed by atoms with Crippen LogP contribution in [0.2, 0.25) is 0 Å². The third-order valence-corrected chi connectivity index (χ3v) is 3.86. The highest BCUT2D eigenvalue weighted by Gasteiger charge is 2.10. The van der Waals surface area contributed by atoms with Crippen LogP contribution in [0, 0.1) is 5.92 Å². The van der Waals surface area contributed by atoms with E-state index in [4.69, 9.17) is 5.11 Å². The highest BCUT2D eigenvalue weighted by atomic mass is 16.3. The van der Waals surface area contributed by atoms with Crippen molar-refractivity contribution in [2.24, 2.45) is 5.92 Å². The zero-order valence-electron chi connectivity index (χ0n) is 13.2. The van der Waals surface area contributed by atoms with Gasteiger partial charge in [0.25, 0.3) is 0 Å². The molecular formula is C18H29NO2. The highest BCUT2D eigenvalue weighted by Crippen LogP contribution is 2.18. The van der Waals surface area contributed by atoms with E-state index in [-0.39, 0.29) is 12.5 Å². The molecule has 3 nitrogen and oxygen atoms in total. The lowest BCUT2D eigenvalue weighted by Crippen LogP contribution is -2.26. The molecule has 0 aliphatic rings. The summed E-state index contributed by atoms with van der Waals surface area (Å²) in [7, 11) is 0. The van der Waals surface area contributed by atoms with Crippen LogP contribution in [0.5, 0.6) is 0 Å². The Balaban J connectivity index is 2.17. The lowest BCUT2D eigenvalue weighted by molar-refractivity contribution is -0.121. The van der Waals surface area contributed by atoms with Gasteiger partial charge in [-0.05, 0) is 30.7 Å². The fraction of sp³-hybridized carbons (Fsp3) is 0.611. The summed E-state index contributed by atoms with van der Waals surface area (Å²) in [5.41, 5.74) is 1.25. The molecule has 0 radical (unpaired) electrons. The second-order valence-electron chi connectivity index (χ2n) is 5.64. The molecule has 0 aliphatic heterocycles. The van der Waals surface area contributed by atoms with Crippen molar-refractivity contribution in [1.29, 1.82) is 0 Å². The molecule has 0 aliphatic carbocycles. The standard InChI is InChI=1S/C18H29NO2/c1-2-3-7-17(13-15-20)10-11-18(21)19-14-12-16-8-5-4-6-9-16/h4-6,8-9,17,20H,2-3,7,10-15H2,1H3,(H,19,21). The Morgan fingerprint density at radius 3 is 2.62 bits per heavy atom. The van der Waals surface area contributed by atoms with Gasteiger partial charge in [0, 0.05) is 19.6 Å². The van der Waals surface area contributed by atoms with Gasteiger partial charge in [0.1, 0.15) is 0 Å². The summed E-state index contributed by atoms with van der Waals surface area (Å²) >= 11 is 0. The second-order valence-corrected chi connectivity index (χ2v) is 5.64. The molecule has 21 heavy (non-hydrogen) atoms. The number of aliphatic hydroxyl groups is 1. The van der Waals surface area contributed by atoms with Gasteiger partial charge in [0.2, 0.25) is 5.91 Å². The van der Waals surface area contributed by atoms with Gasteiger partial charge >= 0.3 is 0 Å². The average Bonchev–Trinajstić information content (AvgIpc) is 2.51. The zero-order chi connectivity index (χ0) is 15.3. The molecule has 1 aromatic carbocycles. The first-order valence-electron chi connectivity index (χ1n) is 8.17. The molecule has 0 spiro atoms. The molecule has 1 aromatic rings. The van der Waals surface area contributed by atoms with Gasteiger partial charge in [-0.3, -0.25) is 4.79 Å². The van der Waals surface area contributed by atoms with Crippen molar-refractivity contribution < 1.29 is 9.90 Å². The van der Waals surface area contributed by atoms with Crippen LogP contribution < -0.4 is 5.32 Å². The van der Waals surface area contributed by atoms with Crippen LogP contribution in [0.25, 0.3) is 0 Å². The summed E-state index contributed by atoms with van der Waals surface area (Å²) in [5.74, 6) is 0.611. The first-order chi connectivity index (χ1) is 10.3. The molecule has 2 N–H and O–H groups in total. The smallest absolute Gasteiger partial charge is 0.220 e. The third kappa shape index (κ3) is 8.51. The van der Waals surface area contributed by atoms with E-state index in [0.717, 1.165) is 25.7 Å². The second kappa shape index (κ2) is 11.3. The summed E-state index contributed by atoms with van der Waals surface area (Å²) in [6.45, 7) is 3.10. The highest BCUT2D eigenvalue weighted by molar-refractivity contribution is 5.75. The van der Waals surface area contributed by atoms with Gasteiger partial charge in [0.05, 0.1) is 0 Å². The van der Waals surface area contributed by atoms with E-state index in [1.54, 1.807) is 0 Å². The van der Waals surface area contributed by atoms with E-state index in [2.05, 4.69) is 24.4 Å². The number of aliphatic hydroxyl groups excluding tert-OH is 1. The number of hydrogen-bond acceptors (Lipinski definition) is 2. The van der Waals surface area contributed by atoms with E-state index in [1.807, 2.05) is 18.2 Å². The first kappa shape index (κ1) is 17.7. The largest absolute Gasteiger partial charge is 0.396 e. The minimum atomic E-state index is 0.130. The van der Waals surface area contributed by atoms with Crippen LogP contribution in [-0.2, 0) is 11.2 Å². The van der Waals surface area contributed by atoms with Crippen LogP contribution in [0.3, 0.4) is 0 Å². The SMILES string of the molecule is CCCCC(CCO)CCC(=O)NCCc1ccccc1. The number of carbonyl (C=O) groups is 1. The van der Waals surface area contributed by atoms with Crippen LogP contribution in [-0.4, -0.2) is 24.2 Å². The maximum Gasteiger partial charge on any atom is 0.220 e. The number of hydrogen-bond donors (Lipinski definition) is 2. The molecule has 0 saturated carbocycles. The summed E-state index contributed by atoms with van der Waals surface area (Å²) in [4.78, 5) is 11.8. The Bertz CT molecular complexity index is 378. The lowest BCUT2D eigenvalue weighted by atomic mass is 9.94. The van der Waals surface area contributed by atoms with Gasteiger partial charge < -0.3 is 10.4 Å². The fourth-order valence-corrected chi connectivity index (χ4v) is 2.52. The topological polar surface area (TPSA) is 49.3 Å². The predicted molar refractivity (Wildman–Crippen MR) is 87.1 cm³/mol. The van der Waals surface area contributed by atoms with Gasteiger partial charge in [0.15, 0.2) is 0 Å². The van der Waals surface area contributed by atoms with Crippen LogP contribution in [0.4, 0.5) is 0 Å². The maximum atomic E-state index is 11.8. The summed E-state index contributed by atoms with van der Waals surface area (Å²) in [5, 5.41) is 12.1. The summed E-state index contributed by atoms with van der Waals surface area (Å²) in [6, 6.07) is 10.2. The molecule has 118 valence electrons. The molecule has 1 atom stereocenters. The van der Waals surface area contributed by atoms with Gasteiger partial charge in [-0.15, -0.1) is 0 Å². The molecular weight excluding hydrogens is 262 g/mol. The molecule has 1 amide bonds. The molecule has 0 bridgehead atoms. The van der Waals surface area contributed by atoms with Gasteiger partial charge in [-0.25, -0.2) is 0 Å². The van der Waals surface area contributed by atoms with Crippen molar-refractivity contribution in [3.63, 3.8) is 0 Å². The predicted octanol–water partition coefficient (Wildman–Crippen LogP) is 3.31. The summed E-state index contributed by atoms with van der Waals surface area (Å²) < 4.78 is 0. The zero-order valence-corrected chi connectivity index (χ0v) is 13.2. The Morgan fingerprint density at radius 2 is 1.95 bits per heavy atom. The van der Waals surface area contributed by atoms with Gasteiger partial charge in [-0.2, -0.15) is 0 Å². The Hall–Kier alpha value is -1.35. The molecule has 1 rings (SSSR count). The Labute approximate surface area is 128 Å². The number of rotatable bonds is 11. The van der Waals surface area contributed by atoms with Crippen molar-refractivity contribution in [3.8, 4) is 0 Å². The molecule has 0 saturated heterocycles. The number of nitrogens with one attached hydrogen (secondary N) is 1. The van der Waals surface area contributed by atoms with Crippen molar-refractivity contribution in [2.45, 2.75) is 51.9 Å². The van der Waals surface area contributed by atoms with Crippen molar-refractivity contribution in [2.75, 3.05) is 13.2 Å². The Morgan fingerprint density at radius 1 is 1.19 bits per heavy atom. The van der Waals surface area contributed by atoms with E-state index < -0.39 is 0 Å². The van der Waals surface area contributed by atoms with Crippen molar-refractivity contribution in [3.05, 3.63) is 35.9 Å². The van der Waals surface area contributed by atoms with Crippen LogP contribution >= 0.6 is 0 Å². The van der Waals surface area contributed by atoms with Crippen LogP contribution in [0.1, 0.15) is 51.0 Å². The average molecular weight is 291 g/mol. The molecule has 0 aromatic heterocycles. The summed E-state index contributed by atoms with van der Waals surface area (Å²) in [6.07, 6.45) is 6.63. The van der Waals surface area contributed by atoms with Crippen molar-refractivity contribution >= 4 is 5.91 Å². The molecule has 1 unspecified atom stereocenters. The normalized spacial score (nSPS) is 12.1. The fourth-order valence-electron chi connectivity index (χ4n) is 2.52. The van der Waals surface area contributed by atoms with Crippen molar-refractivity contribution in [1.82, 2.24) is 5.32 Å². The quantitative estimate of drug-likeness (QED) is 0.657. The molecule has 0 fully saturated rings. The molecule has 0 heterocycles. The number of carbonyl (C=O) groups excluding carboxylic acids is 1. The minimum absolute atomic E-state index is 0.130. The van der Waals surface area contributed by atoms with E-state index in [0.29, 0.717) is 18.9 Å². The number of unbranched alkanes of at least 4 members (excludes halogenated alkanes) is 1. The number of benzene rings is 1. The van der Waals surface area contributed by atoms with Gasteiger partial charge in [-0.1, -0.05) is 56.5 Å². The number of amides is 1. The third-order valence-electron chi connectivity index (χ3n) is 3.86. The Kier molecular flexibility index (Phi) is 9.55. The molecule has 3 heteroatoms. The van der Waals surface area contributed by atoms with Crippen LogP contribution in [0.15, 0.2) is 30.3 Å². The lowest BCUT2D eigenvalue weighted by Gasteiger charge is -2.15. The maximum absolute atomic E-state index is 11.8. The first-order valence-corrected chi connectivity index (χ1v) is 8.17. The minimum Gasteiger partial charge on any atom is -0.396 e. The monoisotopic (exact) mass is 291 g/mol.